The number of carbonyl (C=O) groups excluding carboxylic acids is 3. The average Bonchev–Trinajstić information content (AvgIpc) is 2.80. The summed E-state index contributed by atoms with van der Waals surface area (Å²) in [6.07, 6.45) is 1.49. The molecule has 2 amide bonds. The molecular formula is C12H12BrN3O4. The number of hydrogen-bond acceptors (Lipinski definition) is 5. The molecule has 1 aromatic rings. The average molecular weight is 342 g/mol. The number of ether oxygens (including phenoxy) is 1. The SMILES string of the molecule is COC(=O)c1cc(Br)cnc1N1CC(C(N)=O)CC1=O. The number of carbonyl (C=O) groups is 3. The molecule has 2 N–H and O–H groups in total. The molecule has 1 fully saturated rings. The van der Waals surface area contributed by atoms with Crippen LogP contribution in [0, 0.1) is 5.92 Å². The largest absolute Gasteiger partial charge is 0.465 e. The van der Waals surface area contributed by atoms with E-state index in [0.717, 1.165) is 0 Å². The summed E-state index contributed by atoms with van der Waals surface area (Å²) < 4.78 is 5.25. The molecule has 8 heteroatoms. The van der Waals surface area contributed by atoms with Gasteiger partial charge in [-0.2, -0.15) is 0 Å². The van der Waals surface area contributed by atoms with Crippen LogP contribution >= 0.6 is 15.9 Å². The van der Waals surface area contributed by atoms with Crippen molar-refractivity contribution in [1.29, 1.82) is 0 Å². The van der Waals surface area contributed by atoms with Gasteiger partial charge in [0.05, 0.1) is 13.0 Å². The van der Waals surface area contributed by atoms with Crippen molar-refractivity contribution in [2.75, 3.05) is 18.6 Å². The third kappa shape index (κ3) is 2.64. The molecule has 106 valence electrons. The highest BCUT2D eigenvalue weighted by atomic mass is 79.9. The molecule has 7 nitrogen and oxygen atoms in total. The Morgan fingerprint density at radius 1 is 1.55 bits per heavy atom. The van der Waals surface area contributed by atoms with Gasteiger partial charge in [0.25, 0.3) is 0 Å². The first-order chi connectivity index (χ1) is 9.43. The zero-order valence-corrected chi connectivity index (χ0v) is 12.2. The number of nitrogens with two attached hydrogens (primary N) is 1. The third-order valence-corrected chi connectivity index (χ3v) is 3.46. The van der Waals surface area contributed by atoms with Crippen LogP contribution in [-0.2, 0) is 14.3 Å². The Morgan fingerprint density at radius 2 is 2.25 bits per heavy atom. The Morgan fingerprint density at radius 3 is 2.80 bits per heavy atom. The van der Waals surface area contributed by atoms with Crippen molar-refractivity contribution in [2.45, 2.75) is 6.42 Å². The Bertz CT molecular complexity index is 590. The first-order valence-electron chi connectivity index (χ1n) is 5.77. The molecular weight excluding hydrogens is 330 g/mol. The number of amides is 2. The first kappa shape index (κ1) is 14.4. The van der Waals surface area contributed by atoms with Gasteiger partial charge in [-0.3, -0.25) is 14.5 Å². The van der Waals surface area contributed by atoms with Crippen molar-refractivity contribution >= 4 is 39.5 Å². The van der Waals surface area contributed by atoms with Gasteiger partial charge in [0, 0.05) is 23.6 Å². The molecule has 2 rings (SSSR count). The number of aromatic nitrogens is 1. The van der Waals surface area contributed by atoms with Crippen LogP contribution in [0.15, 0.2) is 16.7 Å². The molecule has 20 heavy (non-hydrogen) atoms. The van der Waals surface area contributed by atoms with Crippen LogP contribution in [-0.4, -0.2) is 36.4 Å². The molecule has 0 radical (unpaired) electrons. The number of esters is 1. The number of pyridine rings is 1. The Hall–Kier alpha value is -1.96. The van der Waals surface area contributed by atoms with E-state index in [1.54, 1.807) is 0 Å². The van der Waals surface area contributed by atoms with Gasteiger partial charge in [0.1, 0.15) is 11.4 Å². The number of methoxy groups -OCH3 is 1. The lowest BCUT2D eigenvalue weighted by Gasteiger charge is -2.17. The normalized spacial score (nSPS) is 18.2. The summed E-state index contributed by atoms with van der Waals surface area (Å²) in [4.78, 5) is 40.2. The maximum absolute atomic E-state index is 12.0. The second kappa shape index (κ2) is 5.58. The number of hydrogen-bond donors (Lipinski definition) is 1. The molecule has 2 heterocycles. The topological polar surface area (TPSA) is 103 Å². The van der Waals surface area contributed by atoms with Gasteiger partial charge in [-0.15, -0.1) is 0 Å². The number of primary amides is 1. The van der Waals surface area contributed by atoms with E-state index in [4.69, 9.17) is 5.73 Å². The van der Waals surface area contributed by atoms with Crippen molar-refractivity contribution in [3.8, 4) is 0 Å². The van der Waals surface area contributed by atoms with Crippen LogP contribution in [0.25, 0.3) is 0 Å². The summed E-state index contributed by atoms with van der Waals surface area (Å²) in [6.45, 7) is 0.118. The predicted molar refractivity (Wildman–Crippen MR) is 72.9 cm³/mol. The van der Waals surface area contributed by atoms with E-state index in [2.05, 4.69) is 25.7 Å². The van der Waals surface area contributed by atoms with Crippen LogP contribution in [0.1, 0.15) is 16.8 Å². The van der Waals surface area contributed by atoms with Crippen LogP contribution in [0.2, 0.25) is 0 Å². The summed E-state index contributed by atoms with van der Waals surface area (Å²) in [6, 6.07) is 1.51. The van der Waals surface area contributed by atoms with E-state index >= 15 is 0 Å². The molecule has 1 aromatic heterocycles. The molecule has 0 bridgehead atoms. The number of halogens is 1. The van der Waals surface area contributed by atoms with Gasteiger partial charge < -0.3 is 10.5 Å². The minimum atomic E-state index is -0.607. The molecule has 1 unspecified atom stereocenters. The van der Waals surface area contributed by atoms with Crippen LogP contribution in [0.5, 0.6) is 0 Å². The fraction of sp³-hybridized carbons (Fsp3) is 0.333. The molecule has 1 aliphatic heterocycles. The van der Waals surface area contributed by atoms with E-state index in [1.165, 1.54) is 24.3 Å². The van der Waals surface area contributed by atoms with Crippen molar-refractivity contribution < 1.29 is 19.1 Å². The predicted octanol–water partition coefficient (Wildman–Crippen LogP) is 0.469. The van der Waals surface area contributed by atoms with E-state index in [1.807, 2.05) is 0 Å². The highest BCUT2D eigenvalue weighted by molar-refractivity contribution is 9.10. The fourth-order valence-corrected chi connectivity index (χ4v) is 2.34. The van der Waals surface area contributed by atoms with E-state index in [9.17, 15) is 14.4 Å². The number of rotatable bonds is 3. The third-order valence-electron chi connectivity index (χ3n) is 3.02. The minimum absolute atomic E-state index is 0.0215. The monoisotopic (exact) mass is 341 g/mol. The zero-order chi connectivity index (χ0) is 14.9. The summed E-state index contributed by atoms with van der Waals surface area (Å²) in [5.74, 6) is -1.84. The van der Waals surface area contributed by atoms with Crippen molar-refractivity contribution in [2.24, 2.45) is 11.7 Å². The van der Waals surface area contributed by atoms with Gasteiger partial charge in [-0.25, -0.2) is 9.78 Å². The molecule has 1 saturated heterocycles. The second-order valence-corrected chi connectivity index (χ2v) is 5.24. The lowest BCUT2D eigenvalue weighted by atomic mass is 10.1. The highest BCUT2D eigenvalue weighted by Gasteiger charge is 2.36. The summed E-state index contributed by atoms with van der Waals surface area (Å²) in [5, 5.41) is 0. The van der Waals surface area contributed by atoms with Crippen LogP contribution in [0.3, 0.4) is 0 Å². The highest BCUT2D eigenvalue weighted by Crippen LogP contribution is 2.28. The smallest absolute Gasteiger partial charge is 0.341 e. The standard InChI is InChI=1S/C12H12BrN3O4/c1-20-12(19)8-3-7(13)4-15-11(8)16-5-6(10(14)18)2-9(16)17/h3-4,6H,2,5H2,1H3,(H2,14,18). The lowest BCUT2D eigenvalue weighted by Crippen LogP contribution is -2.30. The van der Waals surface area contributed by atoms with Crippen molar-refractivity contribution in [3.05, 3.63) is 22.3 Å². The Labute approximate surface area is 123 Å². The van der Waals surface area contributed by atoms with Gasteiger partial charge in [0.15, 0.2) is 0 Å². The van der Waals surface area contributed by atoms with Crippen LogP contribution < -0.4 is 10.6 Å². The van der Waals surface area contributed by atoms with Gasteiger partial charge in [-0.05, 0) is 22.0 Å². The van der Waals surface area contributed by atoms with Gasteiger partial charge in [0.2, 0.25) is 11.8 Å². The quantitative estimate of drug-likeness (QED) is 0.805. The van der Waals surface area contributed by atoms with E-state index < -0.39 is 17.8 Å². The van der Waals surface area contributed by atoms with E-state index in [0.29, 0.717) is 4.47 Å². The molecule has 0 aromatic carbocycles. The van der Waals surface area contributed by atoms with Crippen molar-refractivity contribution in [1.82, 2.24) is 4.98 Å². The fourth-order valence-electron chi connectivity index (χ4n) is 2.01. The molecule has 0 saturated carbocycles. The van der Waals surface area contributed by atoms with Gasteiger partial charge in [-0.1, -0.05) is 0 Å². The van der Waals surface area contributed by atoms with Crippen LogP contribution in [0.4, 0.5) is 5.82 Å². The van der Waals surface area contributed by atoms with Crippen molar-refractivity contribution in [3.63, 3.8) is 0 Å². The molecule has 0 aliphatic carbocycles. The zero-order valence-electron chi connectivity index (χ0n) is 10.6. The summed E-state index contributed by atoms with van der Waals surface area (Å²) in [7, 11) is 1.24. The number of anilines is 1. The Kier molecular flexibility index (Phi) is 4.03. The summed E-state index contributed by atoms with van der Waals surface area (Å²) in [5.41, 5.74) is 5.36. The first-order valence-corrected chi connectivity index (χ1v) is 6.57. The number of nitrogens with zero attached hydrogens (tertiary/aromatic N) is 2. The maximum atomic E-state index is 12.0. The van der Waals surface area contributed by atoms with E-state index in [-0.39, 0.29) is 30.3 Å². The maximum Gasteiger partial charge on any atom is 0.341 e. The second-order valence-electron chi connectivity index (χ2n) is 4.32. The summed E-state index contributed by atoms with van der Waals surface area (Å²) >= 11 is 3.20. The lowest BCUT2D eigenvalue weighted by molar-refractivity contribution is -0.123. The molecule has 1 atom stereocenters. The van der Waals surface area contributed by atoms with Gasteiger partial charge >= 0.3 is 5.97 Å². The molecule has 0 spiro atoms. The molecule has 1 aliphatic rings. The minimum Gasteiger partial charge on any atom is -0.465 e. The Balaban J connectivity index is 2.40.